The summed E-state index contributed by atoms with van der Waals surface area (Å²) >= 11 is 0. The van der Waals surface area contributed by atoms with Crippen LogP contribution in [0.2, 0.25) is 0 Å². The van der Waals surface area contributed by atoms with Crippen LogP contribution in [-0.2, 0) is 4.79 Å². The van der Waals surface area contributed by atoms with Crippen molar-refractivity contribution in [3.63, 3.8) is 0 Å². The van der Waals surface area contributed by atoms with Crippen molar-refractivity contribution < 1.29 is 9.53 Å². The molecular formula is C23H25NO2. The predicted molar refractivity (Wildman–Crippen MR) is 108 cm³/mol. The Hall–Kier alpha value is -2.81. The Morgan fingerprint density at radius 3 is 2.38 bits per heavy atom. The van der Waals surface area contributed by atoms with E-state index < -0.39 is 6.10 Å². The quantitative estimate of drug-likeness (QED) is 0.645. The summed E-state index contributed by atoms with van der Waals surface area (Å²) in [5.74, 6) is 0.957. The molecule has 3 heteroatoms. The van der Waals surface area contributed by atoms with Crippen molar-refractivity contribution in [2.24, 2.45) is 0 Å². The summed E-state index contributed by atoms with van der Waals surface area (Å²) in [6.07, 6.45) is -0.583. The second kappa shape index (κ2) is 7.61. The lowest BCUT2D eigenvalue weighted by molar-refractivity contribution is -0.122. The lowest BCUT2D eigenvalue weighted by Crippen LogP contribution is -2.30. The van der Waals surface area contributed by atoms with Crippen LogP contribution in [-0.4, -0.2) is 12.0 Å². The lowest BCUT2D eigenvalue weighted by Gasteiger charge is -2.19. The first-order valence-electron chi connectivity index (χ1n) is 9.01. The minimum absolute atomic E-state index is 0.156. The normalized spacial score (nSPS) is 12.2. The number of carbonyl (C=O) groups is 1. The van der Waals surface area contributed by atoms with E-state index in [0.717, 1.165) is 33.3 Å². The average Bonchev–Trinajstić information content (AvgIpc) is 2.61. The van der Waals surface area contributed by atoms with Crippen LogP contribution >= 0.6 is 0 Å². The van der Waals surface area contributed by atoms with Gasteiger partial charge >= 0.3 is 0 Å². The molecule has 0 aliphatic heterocycles. The summed E-state index contributed by atoms with van der Waals surface area (Å²) in [4.78, 5) is 12.6. The van der Waals surface area contributed by atoms with Gasteiger partial charge in [-0.15, -0.1) is 0 Å². The predicted octanol–water partition coefficient (Wildman–Crippen LogP) is 5.68. The minimum atomic E-state index is -0.583. The molecule has 3 rings (SSSR count). The molecule has 3 aromatic rings. The van der Waals surface area contributed by atoms with Gasteiger partial charge in [0.05, 0.1) is 0 Å². The molecule has 1 atom stereocenters. The van der Waals surface area contributed by atoms with Crippen molar-refractivity contribution in [1.82, 2.24) is 0 Å². The number of carbonyl (C=O) groups excluding carboxylic acids is 1. The first-order chi connectivity index (χ1) is 12.4. The smallest absolute Gasteiger partial charge is 0.265 e. The molecule has 0 aliphatic carbocycles. The van der Waals surface area contributed by atoms with Gasteiger partial charge < -0.3 is 10.1 Å². The molecule has 134 valence electrons. The number of fused-ring (bicyclic) bond motifs is 1. The summed E-state index contributed by atoms with van der Waals surface area (Å²) < 4.78 is 6.00. The van der Waals surface area contributed by atoms with Crippen molar-refractivity contribution in [3.05, 3.63) is 71.8 Å². The highest BCUT2D eigenvalue weighted by atomic mass is 16.5. The largest absolute Gasteiger partial charge is 0.481 e. The van der Waals surface area contributed by atoms with E-state index in [2.05, 4.69) is 37.4 Å². The Morgan fingerprint density at radius 1 is 0.923 bits per heavy atom. The molecule has 0 heterocycles. The maximum absolute atomic E-state index is 12.6. The van der Waals surface area contributed by atoms with E-state index in [1.807, 2.05) is 49.4 Å². The Kier molecular flexibility index (Phi) is 5.27. The summed E-state index contributed by atoms with van der Waals surface area (Å²) in [6, 6.07) is 20.1. The van der Waals surface area contributed by atoms with Crippen molar-refractivity contribution in [3.8, 4) is 5.75 Å². The molecule has 0 aromatic heterocycles. The molecule has 0 spiro atoms. The molecule has 1 N–H and O–H groups in total. The Balaban J connectivity index is 1.74. The zero-order valence-electron chi connectivity index (χ0n) is 15.7. The molecule has 0 bridgehead atoms. The van der Waals surface area contributed by atoms with Gasteiger partial charge in [-0.25, -0.2) is 0 Å². The Bertz CT molecular complexity index is 930. The second-order valence-electron chi connectivity index (χ2n) is 7.01. The van der Waals surface area contributed by atoms with E-state index in [1.165, 1.54) is 0 Å². The topological polar surface area (TPSA) is 38.3 Å². The summed E-state index contributed by atoms with van der Waals surface area (Å²) in [6.45, 7) is 8.05. The maximum atomic E-state index is 12.6. The van der Waals surface area contributed by atoms with Gasteiger partial charge in [-0.3, -0.25) is 4.79 Å². The summed E-state index contributed by atoms with van der Waals surface area (Å²) in [7, 11) is 0. The third kappa shape index (κ3) is 4.05. The minimum Gasteiger partial charge on any atom is -0.481 e. The van der Waals surface area contributed by atoms with Gasteiger partial charge in [0.2, 0.25) is 0 Å². The van der Waals surface area contributed by atoms with E-state index in [-0.39, 0.29) is 5.91 Å². The van der Waals surface area contributed by atoms with Gasteiger partial charge in [-0.05, 0) is 59.9 Å². The fourth-order valence-corrected chi connectivity index (χ4v) is 2.98. The number of aryl methyl sites for hydroxylation is 1. The van der Waals surface area contributed by atoms with Gasteiger partial charge in [0, 0.05) is 5.69 Å². The molecule has 0 unspecified atom stereocenters. The van der Waals surface area contributed by atoms with Crippen LogP contribution in [0, 0.1) is 6.92 Å². The first-order valence-corrected chi connectivity index (χ1v) is 9.01. The van der Waals surface area contributed by atoms with Crippen LogP contribution in [0.5, 0.6) is 5.75 Å². The van der Waals surface area contributed by atoms with Gasteiger partial charge in [-0.2, -0.15) is 0 Å². The molecule has 26 heavy (non-hydrogen) atoms. The van der Waals surface area contributed by atoms with E-state index in [4.69, 9.17) is 4.74 Å². The molecule has 1 amide bonds. The third-order valence-corrected chi connectivity index (χ3v) is 4.48. The van der Waals surface area contributed by atoms with Crippen LogP contribution < -0.4 is 10.1 Å². The summed E-state index contributed by atoms with van der Waals surface area (Å²) in [5.41, 5.74) is 3.00. The number of rotatable bonds is 5. The standard InChI is InChI=1S/C23H25NO2/c1-15(2)21-12-9-16(3)13-22(21)26-17(4)23(25)24-20-11-10-18-7-5-6-8-19(18)14-20/h5-15,17H,1-4H3,(H,24,25)/t17-/m0/s1. The summed E-state index contributed by atoms with van der Waals surface area (Å²) in [5, 5.41) is 5.20. The van der Waals surface area contributed by atoms with Crippen LogP contribution in [0.1, 0.15) is 37.8 Å². The van der Waals surface area contributed by atoms with Gasteiger partial charge in [-0.1, -0.05) is 56.3 Å². The molecule has 3 nitrogen and oxygen atoms in total. The lowest BCUT2D eigenvalue weighted by atomic mass is 10.0. The molecule has 3 aromatic carbocycles. The van der Waals surface area contributed by atoms with Gasteiger partial charge in [0.25, 0.3) is 5.91 Å². The highest BCUT2D eigenvalue weighted by Gasteiger charge is 2.18. The van der Waals surface area contributed by atoms with Crippen LogP contribution in [0.15, 0.2) is 60.7 Å². The van der Waals surface area contributed by atoms with E-state index in [9.17, 15) is 4.79 Å². The van der Waals surface area contributed by atoms with Crippen LogP contribution in [0.25, 0.3) is 10.8 Å². The first kappa shape index (κ1) is 18.0. The zero-order chi connectivity index (χ0) is 18.7. The van der Waals surface area contributed by atoms with Crippen LogP contribution in [0.3, 0.4) is 0 Å². The Morgan fingerprint density at radius 2 is 1.65 bits per heavy atom. The highest BCUT2D eigenvalue weighted by molar-refractivity contribution is 5.96. The fraction of sp³-hybridized carbons (Fsp3) is 0.261. The molecular weight excluding hydrogens is 322 g/mol. The number of anilines is 1. The SMILES string of the molecule is Cc1ccc(C(C)C)c(O[C@@H](C)C(=O)Nc2ccc3ccccc3c2)c1. The van der Waals surface area contributed by atoms with Crippen LogP contribution in [0.4, 0.5) is 5.69 Å². The number of benzene rings is 3. The Labute approximate surface area is 155 Å². The number of nitrogens with one attached hydrogen (secondary N) is 1. The number of hydrogen-bond acceptors (Lipinski definition) is 2. The third-order valence-electron chi connectivity index (χ3n) is 4.48. The molecule has 0 radical (unpaired) electrons. The maximum Gasteiger partial charge on any atom is 0.265 e. The monoisotopic (exact) mass is 347 g/mol. The molecule has 0 saturated carbocycles. The van der Waals surface area contributed by atoms with Crippen molar-refractivity contribution in [2.45, 2.75) is 39.7 Å². The second-order valence-corrected chi connectivity index (χ2v) is 7.01. The van der Waals surface area contributed by atoms with E-state index in [0.29, 0.717) is 5.92 Å². The van der Waals surface area contributed by atoms with Gasteiger partial charge in [0.15, 0.2) is 6.10 Å². The number of amides is 1. The average molecular weight is 347 g/mol. The van der Waals surface area contributed by atoms with E-state index in [1.54, 1.807) is 6.92 Å². The van der Waals surface area contributed by atoms with Gasteiger partial charge in [0.1, 0.15) is 5.75 Å². The molecule has 0 fully saturated rings. The van der Waals surface area contributed by atoms with Crippen molar-refractivity contribution in [1.29, 1.82) is 0 Å². The fourth-order valence-electron chi connectivity index (χ4n) is 2.98. The molecule has 0 aliphatic rings. The highest BCUT2D eigenvalue weighted by Crippen LogP contribution is 2.28. The molecule has 0 saturated heterocycles. The van der Waals surface area contributed by atoms with Crippen molar-refractivity contribution >= 4 is 22.4 Å². The zero-order valence-corrected chi connectivity index (χ0v) is 15.7. The van der Waals surface area contributed by atoms with E-state index >= 15 is 0 Å². The number of ether oxygens (including phenoxy) is 1. The number of hydrogen-bond donors (Lipinski definition) is 1. The van der Waals surface area contributed by atoms with Crippen molar-refractivity contribution in [2.75, 3.05) is 5.32 Å².